The highest BCUT2D eigenvalue weighted by Crippen LogP contribution is 2.32. The number of anilines is 1. The minimum atomic E-state index is -0.419. The van der Waals surface area contributed by atoms with E-state index in [9.17, 15) is 9.59 Å². The van der Waals surface area contributed by atoms with Gasteiger partial charge >= 0.3 is 0 Å². The number of likely N-dealkylation sites (tertiary alicyclic amines) is 1. The SMILES string of the molecule is NC(=O)c1cccc2c1CCCN2C(=O)C1CCCN(Cc2ccccc2)C1. The van der Waals surface area contributed by atoms with Gasteiger partial charge in [0, 0.05) is 30.9 Å². The number of primary amides is 1. The number of carbonyl (C=O) groups excluding carboxylic acids is 2. The van der Waals surface area contributed by atoms with Gasteiger partial charge in [-0.25, -0.2) is 0 Å². The molecule has 2 aromatic rings. The van der Waals surface area contributed by atoms with E-state index in [-0.39, 0.29) is 11.8 Å². The van der Waals surface area contributed by atoms with Crippen molar-refractivity contribution in [3.63, 3.8) is 0 Å². The van der Waals surface area contributed by atoms with Crippen molar-refractivity contribution < 1.29 is 9.59 Å². The summed E-state index contributed by atoms with van der Waals surface area (Å²) < 4.78 is 0. The van der Waals surface area contributed by atoms with Crippen LogP contribution in [0.15, 0.2) is 48.5 Å². The van der Waals surface area contributed by atoms with Crippen LogP contribution in [0.3, 0.4) is 0 Å². The van der Waals surface area contributed by atoms with Crippen LogP contribution in [0.4, 0.5) is 5.69 Å². The van der Waals surface area contributed by atoms with Crippen LogP contribution in [-0.4, -0.2) is 36.3 Å². The molecule has 0 aliphatic carbocycles. The number of carbonyl (C=O) groups is 2. The maximum Gasteiger partial charge on any atom is 0.249 e. The molecule has 2 heterocycles. The highest BCUT2D eigenvalue weighted by molar-refractivity contribution is 6.00. The number of nitrogens with zero attached hydrogens (tertiary/aromatic N) is 2. The molecule has 2 N–H and O–H groups in total. The van der Waals surface area contributed by atoms with Gasteiger partial charge in [-0.1, -0.05) is 36.4 Å². The molecule has 1 unspecified atom stereocenters. The van der Waals surface area contributed by atoms with Crippen molar-refractivity contribution in [2.24, 2.45) is 11.7 Å². The van der Waals surface area contributed by atoms with Crippen LogP contribution in [-0.2, 0) is 17.8 Å². The summed E-state index contributed by atoms with van der Waals surface area (Å²) in [6, 6.07) is 16.0. The first kappa shape index (κ1) is 18.7. The Hall–Kier alpha value is -2.66. The summed E-state index contributed by atoms with van der Waals surface area (Å²) >= 11 is 0. The zero-order chi connectivity index (χ0) is 19.5. The molecule has 0 saturated carbocycles. The predicted octanol–water partition coefficient (Wildman–Crippen LogP) is 2.98. The van der Waals surface area contributed by atoms with Crippen molar-refractivity contribution in [2.45, 2.75) is 32.2 Å². The van der Waals surface area contributed by atoms with Crippen LogP contribution in [0, 0.1) is 5.92 Å². The van der Waals surface area contributed by atoms with Crippen LogP contribution in [0.5, 0.6) is 0 Å². The van der Waals surface area contributed by atoms with Gasteiger partial charge in [-0.05, 0) is 55.5 Å². The Balaban J connectivity index is 1.51. The Morgan fingerprint density at radius 2 is 1.82 bits per heavy atom. The molecule has 4 rings (SSSR count). The van der Waals surface area contributed by atoms with Crippen LogP contribution in [0.2, 0.25) is 0 Å². The average Bonchev–Trinajstić information content (AvgIpc) is 2.73. The zero-order valence-electron chi connectivity index (χ0n) is 16.1. The molecule has 2 amide bonds. The molecule has 0 radical (unpaired) electrons. The fourth-order valence-corrected chi connectivity index (χ4v) is 4.55. The van der Waals surface area contributed by atoms with Crippen molar-refractivity contribution in [2.75, 3.05) is 24.5 Å². The lowest BCUT2D eigenvalue weighted by Gasteiger charge is -2.37. The molecule has 1 atom stereocenters. The standard InChI is InChI=1S/C23H27N3O2/c24-22(27)20-10-4-12-21-19(20)11-6-14-26(21)23(28)18-9-5-13-25(16-18)15-17-7-2-1-3-8-17/h1-4,7-8,10,12,18H,5-6,9,11,13-16H2,(H2,24,27). The summed E-state index contributed by atoms with van der Waals surface area (Å²) in [5, 5.41) is 0. The summed E-state index contributed by atoms with van der Waals surface area (Å²) in [6.07, 6.45) is 3.61. The largest absolute Gasteiger partial charge is 0.366 e. The molecular weight excluding hydrogens is 350 g/mol. The summed E-state index contributed by atoms with van der Waals surface area (Å²) in [7, 11) is 0. The van der Waals surface area contributed by atoms with Crippen LogP contribution in [0.1, 0.15) is 40.7 Å². The lowest BCUT2D eigenvalue weighted by molar-refractivity contribution is -0.124. The molecule has 2 aromatic carbocycles. The fourth-order valence-electron chi connectivity index (χ4n) is 4.55. The number of piperidine rings is 1. The third-order valence-corrected chi connectivity index (χ3v) is 5.89. The molecule has 5 nitrogen and oxygen atoms in total. The van der Waals surface area contributed by atoms with E-state index in [0.717, 1.165) is 56.6 Å². The molecule has 0 spiro atoms. The summed E-state index contributed by atoms with van der Waals surface area (Å²) in [6.45, 7) is 3.41. The zero-order valence-corrected chi connectivity index (χ0v) is 16.1. The Bertz CT molecular complexity index is 865. The lowest BCUT2D eigenvalue weighted by Crippen LogP contribution is -2.46. The molecule has 146 valence electrons. The number of fused-ring (bicyclic) bond motifs is 1. The Morgan fingerprint density at radius 3 is 2.61 bits per heavy atom. The highest BCUT2D eigenvalue weighted by atomic mass is 16.2. The minimum absolute atomic E-state index is 0.000599. The maximum absolute atomic E-state index is 13.4. The summed E-state index contributed by atoms with van der Waals surface area (Å²) in [4.78, 5) is 29.4. The van der Waals surface area contributed by atoms with Crippen LogP contribution < -0.4 is 10.6 Å². The molecule has 1 saturated heterocycles. The van der Waals surface area contributed by atoms with Crippen molar-refractivity contribution in [1.82, 2.24) is 4.90 Å². The summed E-state index contributed by atoms with van der Waals surface area (Å²) in [5.74, 6) is -0.237. The van der Waals surface area contributed by atoms with E-state index in [0.29, 0.717) is 12.1 Å². The van der Waals surface area contributed by atoms with Gasteiger partial charge in [0.1, 0.15) is 0 Å². The van der Waals surface area contributed by atoms with Gasteiger partial charge in [-0.2, -0.15) is 0 Å². The molecule has 2 aliphatic rings. The predicted molar refractivity (Wildman–Crippen MR) is 110 cm³/mol. The van der Waals surface area contributed by atoms with Gasteiger partial charge in [0.05, 0.1) is 5.92 Å². The van der Waals surface area contributed by atoms with Gasteiger partial charge < -0.3 is 10.6 Å². The first-order chi connectivity index (χ1) is 13.6. The molecule has 1 fully saturated rings. The topological polar surface area (TPSA) is 66.6 Å². The van der Waals surface area contributed by atoms with E-state index in [1.54, 1.807) is 6.07 Å². The third-order valence-electron chi connectivity index (χ3n) is 5.89. The normalized spacial score (nSPS) is 19.9. The molecule has 5 heteroatoms. The molecule has 28 heavy (non-hydrogen) atoms. The Kier molecular flexibility index (Phi) is 5.44. The van der Waals surface area contributed by atoms with Gasteiger partial charge in [0.15, 0.2) is 0 Å². The van der Waals surface area contributed by atoms with Crippen molar-refractivity contribution >= 4 is 17.5 Å². The van der Waals surface area contributed by atoms with E-state index in [2.05, 4.69) is 29.2 Å². The first-order valence-corrected chi connectivity index (χ1v) is 10.1. The van der Waals surface area contributed by atoms with E-state index in [1.165, 1.54) is 5.56 Å². The minimum Gasteiger partial charge on any atom is -0.366 e. The molecular formula is C23H27N3O2. The second-order valence-electron chi connectivity index (χ2n) is 7.82. The number of amides is 2. The van der Waals surface area contributed by atoms with Gasteiger partial charge in [0.2, 0.25) is 11.8 Å². The monoisotopic (exact) mass is 377 g/mol. The van der Waals surface area contributed by atoms with Crippen molar-refractivity contribution in [3.05, 3.63) is 65.2 Å². The van der Waals surface area contributed by atoms with Crippen LogP contribution >= 0.6 is 0 Å². The van der Waals surface area contributed by atoms with E-state index >= 15 is 0 Å². The quantitative estimate of drug-likeness (QED) is 0.891. The smallest absolute Gasteiger partial charge is 0.249 e. The number of benzene rings is 2. The van der Waals surface area contributed by atoms with E-state index < -0.39 is 5.91 Å². The molecule has 0 bridgehead atoms. The lowest BCUT2D eigenvalue weighted by atomic mass is 9.92. The highest BCUT2D eigenvalue weighted by Gasteiger charge is 2.32. The maximum atomic E-state index is 13.4. The number of nitrogens with two attached hydrogens (primary N) is 1. The number of rotatable bonds is 4. The fraction of sp³-hybridized carbons (Fsp3) is 0.391. The Morgan fingerprint density at radius 1 is 1.00 bits per heavy atom. The second kappa shape index (κ2) is 8.15. The summed E-state index contributed by atoms with van der Waals surface area (Å²) in [5.41, 5.74) is 9.16. The first-order valence-electron chi connectivity index (χ1n) is 10.1. The third kappa shape index (κ3) is 3.80. The van der Waals surface area contributed by atoms with Gasteiger partial charge in [-0.3, -0.25) is 14.5 Å². The van der Waals surface area contributed by atoms with Gasteiger partial charge in [-0.15, -0.1) is 0 Å². The molecule has 2 aliphatic heterocycles. The van der Waals surface area contributed by atoms with Crippen molar-refractivity contribution in [1.29, 1.82) is 0 Å². The van der Waals surface area contributed by atoms with E-state index in [4.69, 9.17) is 5.73 Å². The second-order valence-corrected chi connectivity index (χ2v) is 7.82. The number of hydrogen-bond acceptors (Lipinski definition) is 3. The van der Waals surface area contributed by atoms with Gasteiger partial charge in [0.25, 0.3) is 0 Å². The Labute approximate surface area is 166 Å². The van der Waals surface area contributed by atoms with E-state index in [1.807, 2.05) is 23.1 Å². The van der Waals surface area contributed by atoms with Crippen molar-refractivity contribution in [3.8, 4) is 0 Å². The average molecular weight is 377 g/mol. The number of hydrogen-bond donors (Lipinski definition) is 1. The van der Waals surface area contributed by atoms with Crippen LogP contribution in [0.25, 0.3) is 0 Å². The molecule has 0 aromatic heterocycles.